The molecule has 0 saturated heterocycles. The van der Waals surface area contributed by atoms with E-state index in [1.807, 2.05) is 0 Å². The lowest BCUT2D eigenvalue weighted by Gasteiger charge is -2.10. The highest BCUT2D eigenvalue weighted by atomic mass is 35.5. The second-order valence-electron chi connectivity index (χ2n) is 7.04. The van der Waals surface area contributed by atoms with Crippen LogP contribution in [0.15, 0.2) is 67.0 Å². The van der Waals surface area contributed by atoms with Crippen molar-refractivity contribution in [2.24, 2.45) is 0 Å². The fourth-order valence-corrected chi connectivity index (χ4v) is 3.40. The SMILES string of the molecule is O=C(Nc1cccc(-c2cn3cc(C(F)(F)F)cc(Cl)c3n2)c1)c1cccc(C(F)(F)F)c1. The average molecular weight is 484 g/mol. The standard InChI is InChI=1S/C22H12ClF6N3O/c23-17-9-15(22(27,28)29)10-32-11-18(31-19(17)32)12-3-2-6-16(8-12)30-20(33)13-4-1-5-14(7-13)21(24,25)26/h1-11H,(H,30,33). The second kappa shape index (κ2) is 8.11. The number of amides is 1. The van der Waals surface area contributed by atoms with Gasteiger partial charge in [-0.05, 0) is 36.4 Å². The number of fused-ring (bicyclic) bond motifs is 1. The number of pyridine rings is 1. The Morgan fingerprint density at radius 2 is 1.58 bits per heavy atom. The van der Waals surface area contributed by atoms with Crippen LogP contribution in [0.5, 0.6) is 0 Å². The first kappa shape index (κ1) is 22.7. The molecule has 2 aromatic carbocycles. The largest absolute Gasteiger partial charge is 0.417 e. The molecule has 0 fully saturated rings. The minimum Gasteiger partial charge on any atom is -0.322 e. The Kier molecular flexibility index (Phi) is 5.57. The summed E-state index contributed by atoms with van der Waals surface area (Å²) in [5, 5.41) is 2.32. The molecule has 4 rings (SSSR count). The van der Waals surface area contributed by atoms with Crippen molar-refractivity contribution < 1.29 is 31.1 Å². The average Bonchev–Trinajstić information content (AvgIpc) is 3.18. The molecule has 4 aromatic rings. The van der Waals surface area contributed by atoms with E-state index in [0.29, 0.717) is 5.56 Å². The minimum atomic E-state index is -4.59. The number of halogens is 7. The maximum Gasteiger partial charge on any atom is 0.417 e. The van der Waals surface area contributed by atoms with Crippen molar-refractivity contribution in [3.05, 3.63) is 88.7 Å². The molecule has 0 unspecified atom stereocenters. The van der Waals surface area contributed by atoms with Crippen LogP contribution in [0.2, 0.25) is 5.02 Å². The molecule has 1 amide bonds. The van der Waals surface area contributed by atoms with E-state index in [2.05, 4.69) is 10.3 Å². The van der Waals surface area contributed by atoms with E-state index in [9.17, 15) is 31.1 Å². The molecular weight excluding hydrogens is 472 g/mol. The molecule has 0 radical (unpaired) electrons. The first-order valence-electron chi connectivity index (χ1n) is 9.26. The Morgan fingerprint density at radius 1 is 0.879 bits per heavy atom. The van der Waals surface area contributed by atoms with Gasteiger partial charge in [0.1, 0.15) is 0 Å². The molecule has 0 atom stereocenters. The first-order valence-corrected chi connectivity index (χ1v) is 9.64. The van der Waals surface area contributed by atoms with Crippen LogP contribution in [0, 0.1) is 0 Å². The lowest BCUT2D eigenvalue weighted by atomic mass is 10.1. The summed E-state index contributed by atoms with van der Waals surface area (Å²) in [6.07, 6.45) is -6.97. The van der Waals surface area contributed by atoms with Crippen LogP contribution in [-0.2, 0) is 12.4 Å². The normalized spacial score (nSPS) is 12.2. The Hall–Kier alpha value is -3.53. The van der Waals surface area contributed by atoms with Crippen LogP contribution in [0.3, 0.4) is 0 Å². The Balaban J connectivity index is 1.63. The van der Waals surface area contributed by atoms with Gasteiger partial charge in [0.25, 0.3) is 5.91 Å². The number of carbonyl (C=O) groups excluding carboxylic acids is 1. The summed E-state index contributed by atoms with van der Waals surface area (Å²) in [6, 6.07) is 10.9. The number of carbonyl (C=O) groups is 1. The molecule has 2 heterocycles. The summed E-state index contributed by atoms with van der Waals surface area (Å²) in [5.74, 6) is -0.758. The van der Waals surface area contributed by atoms with Crippen LogP contribution in [-0.4, -0.2) is 15.3 Å². The smallest absolute Gasteiger partial charge is 0.322 e. The predicted molar refractivity (Wildman–Crippen MR) is 110 cm³/mol. The van der Waals surface area contributed by atoms with Crippen molar-refractivity contribution in [2.75, 3.05) is 5.32 Å². The molecular formula is C22H12ClF6N3O. The highest BCUT2D eigenvalue weighted by Crippen LogP contribution is 2.34. The second-order valence-corrected chi connectivity index (χ2v) is 7.45. The predicted octanol–water partition coefficient (Wildman–Crippen LogP) is 6.94. The van der Waals surface area contributed by atoms with Crippen molar-refractivity contribution in [3.63, 3.8) is 0 Å². The summed E-state index contributed by atoms with van der Waals surface area (Å²) in [4.78, 5) is 16.7. The number of alkyl halides is 6. The van der Waals surface area contributed by atoms with Gasteiger partial charge in [0.15, 0.2) is 5.65 Å². The molecule has 0 aliphatic rings. The van der Waals surface area contributed by atoms with Crippen LogP contribution >= 0.6 is 11.6 Å². The molecule has 170 valence electrons. The highest BCUT2D eigenvalue weighted by molar-refractivity contribution is 6.33. The Bertz CT molecular complexity index is 1360. The van der Waals surface area contributed by atoms with Gasteiger partial charge in [-0.2, -0.15) is 26.3 Å². The number of aromatic nitrogens is 2. The van der Waals surface area contributed by atoms with Crippen LogP contribution in [0.4, 0.5) is 32.0 Å². The molecule has 0 aliphatic heterocycles. The number of nitrogens with zero attached hydrogens (tertiary/aromatic N) is 2. The molecule has 0 spiro atoms. The van der Waals surface area contributed by atoms with Gasteiger partial charge < -0.3 is 9.72 Å². The van der Waals surface area contributed by atoms with E-state index >= 15 is 0 Å². The summed E-state index contributed by atoms with van der Waals surface area (Å²) in [5.41, 5.74) is -0.979. The van der Waals surface area contributed by atoms with Gasteiger partial charge in [-0.1, -0.05) is 29.8 Å². The molecule has 4 nitrogen and oxygen atoms in total. The van der Waals surface area contributed by atoms with Crippen LogP contribution < -0.4 is 5.32 Å². The van der Waals surface area contributed by atoms with Gasteiger partial charge in [-0.25, -0.2) is 4.98 Å². The summed E-state index contributed by atoms with van der Waals surface area (Å²) in [7, 11) is 0. The van der Waals surface area contributed by atoms with Gasteiger partial charge in [0, 0.05) is 29.2 Å². The zero-order chi connectivity index (χ0) is 24.0. The quantitative estimate of drug-likeness (QED) is 0.321. The topological polar surface area (TPSA) is 46.4 Å². The third kappa shape index (κ3) is 4.80. The van der Waals surface area contributed by atoms with Gasteiger partial charge in [0.05, 0.1) is 21.8 Å². The fourth-order valence-electron chi connectivity index (χ4n) is 3.15. The zero-order valence-electron chi connectivity index (χ0n) is 16.3. The van der Waals surface area contributed by atoms with Gasteiger partial charge >= 0.3 is 12.4 Å². The maximum atomic E-state index is 13.0. The van der Waals surface area contributed by atoms with E-state index in [1.54, 1.807) is 12.1 Å². The van der Waals surface area contributed by atoms with E-state index in [4.69, 9.17) is 11.6 Å². The summed E-state index contributed by atoms with van der Waals surface area (Å²) >= 11 is 5.96. The van der Waals surface area contributed by atoms with Crippen molar-refractivity contribution in [1.82, 2.24) is 9.38 Å². The fraction of sp³-hybridized carbons (Fsp3) is 0.0909. The molecule has 1 N–H and O–H groups in total. The minimum absolute atomic E-state index is 0.109. The van der Waals surface area contributed by atoms with E-state index in [0.717, 1.165) is 34.9 Å². The summed E-state index contributed by atoms with van der Waals surface area (Å²) in [6.45, 7) is 0. The third-order valence-electron chi connectivity index (χ3n) is 4.70. The Morgan fingerprint density at radius 3 is 2.27 bits per heavy atom. The van der Waals surface area contributed by atoms with Gasteiger partial charge in [-0.15, -0.1) is 0 Å². The molecule has 0 bridgehead atoms. The number of imidazole rings is 1. The first-order chi connectivity index (χ1) is 15.4. The zero-order valence-corrected chi connectivity index (χ0v) is 17.1. The number of rotatable bonds is 3. The number of nitrogens with one attached hydrogen (secondary N) is 1. The molecule has 2 aromatic heterocycles. The van der Waals surface area contributed by atoms with Gasteiger partial charge in [-0.3, -0.25) is 4.79 Å². The molecule has 33 heavy (non-hydrogen) atoms. The molecule has 0 saturated carbocycles. The van der Waals surface area contributed by atoms with Crippen molar-refractivity contribution in [2.45, 2.75) is 12.4 Å². The molecule has 0 aliphatic carbocycles. The molecule has 11 heteroatoms. The van der Waals surface area contributed by atoms with E-state index in [-0.39, 0.29) is 27.6 Å². The number of benzene rings is 2. The third-order valence-corrected chi connectivity index (χ3v) is 4.98. The van der Waals surface area contributed by atoms with Crippen molar-refractivity contribution >= 4 is 28.8 Å². The van der Waals surface area contributed by atoms with Gasteiger partial charge in [0.2, 0.25) is 0 Å². The van der Waals surface area contributed by atoms with E-state index in [1.165, 1.54) is 24.4 Å². The van der Waals surface area contributed by atoms with E-state index < -0.39 is 29.4 Å². The van der Waals surface area contributed by atoms with Crippen LogP contribution in [0.1, 0.15) is 21.5 Å². The highest BCUT2D eigenvalue weighted by Gasteiger charge is 2.32. The maximum absolute atomic E-state index is 13.0. The summed E-state index contributed by atoms with van der Waals surface area (Å²) < 4.78 is 78.9. The lowest BCUT2D eigenvalue weighted by molar-refractivity contribution is -0.138. The Labute approximate surface area is 187 Å². The van der Waals surface area contributed by atoms with Crippen LogP contribution in [0.25, 0.3) is 16.9 Å². The lowest BCUT2D eigenvalue weighted by Crippen LogP contribution is -2.13. The number of hydrogen-bond donors (Lipinski definition) is 1. The monoisotopic (exact) mass is 483 g/mol. The number of anilines is 1. The number of hydrogen-bond acceptors (Lipinski definition) is 2. The van der Waals surface area contributed by atoms with Crippen molar-refractivity contribution in [3.8, 4) is 11.3 Å². The van der Waals surface area contributed by atoms with Crippen molar-refractivity contribution in [1.29, 1.82) is 0 Å².